The maximum Gasteiger partial charge on any atom is 0.355 e. The Bertz CT molecular complexity index is 863. The Balaban J connectivity index is 2.06. The molecular weight excluding hydrogens is 411 g/mol. The fourth-order valence-corrected chi connectivity index (χ4v) is 2.75. The molecule has 1 aromatic carbocycles. The van der Waals surface area contributed by atoms with Gasteiger partial charge in [-0.25, -0.2) is 9.97 Å². The smallest absolute Gasteiger partial charge is 0.355 e. The monoisotopic (exact) mass is 428 g/mol. The lowest BCUT2D eigenvalue weighted by Gasteiger charge is -2.20. The molecule has 0 radical (unpaired) electrons. The molecule has 0 bridgehead atoms. The average Bonchev–Trinajstić information content (AvgIpc) is 2.66. The maximum atomic E-state index is 12.0. The van der Waals surface area contributed by atoms with Crippen LogP contribution in [0.4, 0.5) is 17.3 Å². The van der Waals surface area contributed by atoms with E-state index in [-0.39, 0.29) is 34.7 Å². The van der Waals surface area contributed by atoms with Crippen molar-refractivity contribution in [3.05, 3.63) is 44.7 Å². The Morgan fingerprint density at radius 2 is 2.00 bits per heavy atom. The summed E-state index contributed by atoms with van der Waals surface area (Å²) in [5, 5.41) is 12.2. The van der Waals surface area contributed by atoms with E-state index in [2.05, 4.69) is 20.8 Å². The third-order valence-corrected chi connectivity index (χ3v) is 4.15. The predicted molar refractivity (Wildman–Crippen MR) is 106 cm³/mol. The van der Waals surface area contributed by atoms with Crippen LogP contribution in [-0.2, 0) is 4.79 Å². The van der Waals surface area contributed by atoms with E-state index in [0.29, 0.717) is 18.1 Å². The first kappa shape index (κ1) is 21.5. The van der Waals surface area contributed by atoms with Crippen LogP contribution in [-0.4, -0.2) is 40.5 Å². The van der Waals surface area contributed by atoms with E-state index in [1.807, 2.05) is 13.8 Å². The zero-order valence-electron chi connectivity index (χ0n) is 15.1. The number of aromatic nitrogens is 2. The number of hydrogen-bond acceptors (Lipinski definition) is 8. The summed E-state index contributed by atoms with van der Waals surface area (Å²) in [6, 6.07) is 4.57. The molecule has 2 rings (SSSR count). The van der Waals surface area contributed by atoms with Gasteiger partial charge in [0.05, 0.1) is 9.95 Å². The quantitative estimate of drug-likeness (QED) is 0.461. The van der Waals surface area contributed by atoms with Gasteiger partial charge in [0, 0.05) is 18.1 Å². The van der Waals surface area contributed by atoms with Gasteiger partial charge in [0.2, 0.25) is 11.6 Å². The summed E-state index contributed by atoms with van der Waals surface area (Å²) in [6.45, 7) is 4.37. The van der Waals surface area contributed by atoms with Gasteiger partial charge >= 0.3 is 5.69 Å². The molecule has 0 spiro atoms. The molecule has 2 N–H and O–H groups in total. The summed E-state index contributed by atoms with van der Waals surface area (Å²) in [6.07, 6.45) is 1.18. The second-order valence-electron chi connectivity index (χ2n) is 5.36. The van der Waals surface area contributed by atoms with Crippen molar-refractivity contribution in [2.24, 2.45) is 0 Å². The SMILES string of the molecule is CCN(CC)c1ncnc(NNC(=O)COc2ccc(Cl)cc2Cl)c1[N+](=O)[O-]. The van der Waals surface area contributed by atoms with Crippen molar-refractivity contribution in [2.75, 3.05) is 30.0 Å². The maximum absolute atomic E-state index is 12.0. The molecule has 0 unspecified atom stereocenters. The third-order valence-electron chi connectivity index (χ3n) is 3.62. The number of nitrogens with zero attached hydrogens (tertiary/aromatic N) is 4. The van der Waals surface area contributed by atoms with Crippen LogP contribution in [0.3, 0.4) is 0 Å². The van der Waals surface area contributed by atoms with Crippen molar-refractivity contribution in [2.45, 2.75) is 13.8 Å². The Hall–Kier alpha value is -2.85. The van der Waals surface area contributed by atoms with Gasteiger partial charge in [-0.2, -0.15) is 0 Å². The van der Waals surface area contributed by atoms with Crippen LogP contribution >= 0.6 is 23.2 Å². The third kappa shape index (κ3) is 5.33. The van der Waals surface area contributed by atoms with Crippen LogP contribution < -0.4 is 20.5 Å². The molecule has 150 valence electrons. The van der Waals surface area contributed by atoms with Gasteiger partial charge in [-0.3, -0.25) is 25.8 Å². The van der Waals surface area contributed by atoms with Gasteiger partial charge in [0.25, 0.3) is 5.91 Å². The molecule has 0 aliphatic rings. The van der Waals surface area contributed by atoms with Crippen molar-refractivity contribution in [3.8, 4) is 5.75 Å². The van der Waals surface area contributed by atoms with Gasteiger partial charge < -0.3 is 9.64 Å². The molecule has 1 aromatic heterocycles. The van der Waals surface area contributed by atoms with Crippen LogP contribution in [0.1, 0.15) is 13.8 Å². The lowest BCUT2D eigenvalue weighted by atomic mass is 10.3. The van der Waals surface area contributed by atoms with Crippen molar-refractivity contribution >= 4 is 46.4 Å². The first-order chi connectivity index (χ1) is 13.4. The predicted octanol–water partition coefficient (Wildman–Crippen LogP) is 3.06. The van der Waals surface area contributed by atoms with E-state index < -0.39 is 10.8 Å². The van der Waals surface area contributed by atoms with Gasteiger partial charge in [-0.15, -0.1) is 0 Å². The number of nitrogens with one attached hydrogen (secondary N) is 2. The highest BCUT2D eigenvalue weighted by atomic mass is 35.5. The van der Waals surface area contributed by atoms with Crippen LogP contribution in [0.25, 0.3) is 0 Å². The average molecular weight is 429 g/mol. The second-order valence-corrected chi connectivity index (χ2v) is 6.20. The highest BCUT2D eigenvalue weighted by Crippen LogP contribution is 2.31. The molecule has 0 saturated carbocycles. The van der Waals surface area contributed by atoms with Gasteiger partial charge in [0.15, 0.2) is 6.61 Å². The number of anilines is 2. The number of amides is 1. The second kappa shape index (κ2) is 9.90. The van der Waals surface area contributed by atoms with Crippen LogP contribution in [0, 0.1) is 10.1 Å². The molecule has 0 aliphatic carbocycles. The summed E-state index contributed by atoms with van der Waals surface area (Å²) in [7, 11) is 0. The lowest BCUT2D eigenvalue weighted by molar-refractivity contribution is -0.383. The minimum Gasteiger partial charge on any atom is -0.482 e. The van der Waals surface area contributed by atoms with Gasteiger partial charge in [0.1, 0.15) is 12.1 Å². The molecule has 2 aromatic rings. The minimum absolute atomic E-state index is 0.139. The number of nitro groups is 1. The summed E-state index contributed by atoms with van der Waals surface area (Å²) in [5.41, 5.74) is 4.41. The minimum atomic E-state index is -0.605. The first-order valence-corrected chi connectivity index (χ1v) is 9.00. The number of benzene rings is 1. The molecule has 1 amide bonds. The van der Waals surface area contributed by atoms with Crippen molar-refractivity contribution in [1.82, 2.24) is 15.4 Å². The van der Waals surface area contributed by atoms with Crippen molar-refractivity contribution in [3.63, 3.8) is 0 Å². The standard InChI is InChI=1S/C16H18Cl2N6O4/c1-3-23(4-2)16-14(24(26)27)15(19-9-20-16)22-21-13(25)8-28-12-6-5-10(17)7-11(12)18/h5-7,9H,3-4,8H2,1-2H3,(H,21,25)(H,19,20,22). The van der Waals surface area contributed by atoms with E-state index in [9.17, 15) is 14.9 Å². The van der Waals surface area contributed by atoms with Crippen LogP contribution in [0.2, 0.25) is 10.0 Å². The number of rotatable bonds is 9. The summed E-state index contributed by atoms with van der Waals surface area (Å²) in [4.78, 5) is 32.4. The highest BCUT2D eigenvalue weighted by molar-refractivity contribution is 6.35. The summed E-state index contributed by atoms with van der Waals surface area (Å²) in [5.74, 6) is -0.299. The van der Waals surface area contributed by atoms with Crippen LogP contribution in [0.15, 0.2) is 24.5 Å². The lowest BCUT2D eigenvalue weighted by Crippen LogP contribution is -2.34. The normalized spacial score (nSPS) is 10.3. The number of hydrogen-bond donors (Lipinski definition) is 2. The van der Waals surface area contributed by atoms with Gasteiger partial charge in [-0.05, 0) is 32.0 Å². The number of hydrazine groups is 1. The van der Waals surface area contributed by atoms with E-state index >= 15 is 0 Å². The zero-order valence-corrected chi connectivity index (χ0v) is 16.6. The highest BCUT2D eigenvalue weighted by Gasteiger charge is 2.26. The molecule has 28 heavy (non-hydrogen) atoms. The molecular formula is C16H18Cl2N6O4. The molecule has 0 saturated heterocycles. The van der Waals surface area contributed by atoms with Crippen molar-refractivity contribution < 1.29 is 14.5 Å². The Kier molecular flexibility index (Phi) is 7.59. The topological polar surface area (TPSA) is 123 Å². The zero-order chi connectivity index (χ0) is 20.7. The number of carbonyl (C=O) groups excluding carboxylic acids is 1. The fraction of sp³-hybridized carbons (Fsp3) is 0.312. The van der Waals surface area contributed by atoms with E-state index in [1.54, 1.807) is 11.0 Å². The van der Waals surface area contributed by atoms with Gasteiger partial charge in [-0.1, -0.05) is 23.2 Å². The number of ether oxygens (including phenoxy) is 1. The number of carbonyl (C=O) groups is 1. The first-order valence-electron chi connectivity index (χ1n) is 8.24. The molecule has 0 aliphatic heterocycles. The van der Waals surface area contributed by atoms with E-state index in [4.69, 9.17) is 27.9 Å². The molecule has 0 atom stereocenters. The molecule has 10 nitrogen and oxygen atoms in total. The summed E-state index contributed by atoms with van der Waals surface area (Å²) >= 11 is 11.8. The van der Waals surface area contributed by atoms with Crippen LogP contribution in [0.5, 0.6) is 5.75 Å². The Labute approximate surface area is 170 Å². The van der Waals surface area contributed by atoms with E-state index in [1.165, 1.54) is 18.5 Å². The number of halogens is 2. The molecule has 12 heteroatoms. The Morgan fingerprint density at radius 3 is 2.61 bits per heavy atom. The van der Waals surface area contributed by atoms with E-state index in [0.717, 1.165) is 0 Å². The van der Waals surface area contributed by atoms with Crippen molar-refractivity contribution in [1.29, 1.82) is 0 Å². The summed E-state index contributed by atoms with van der Waals surface area (Å²) < 4.78 is 5.30. The largest absolute Gasteiger partial charge is 0.482 e. The molecule has 1 heterocycles. The molecule has 0 fully saturated rings. The fourth-order valence-electron chi connectivity index (χ4n) is 2.28. The Morgan fingerprint density at radius 1 is 1.29 bits per heavy atom.